The van der Waals surface area contributed by atoms with Crippen LogP contribution in [0.15, 0.2) is 29.2 Å². The lowest BCUT2D eigenvalue weighted by atomic mass is 9.56. The molecule has 0 aromatic heterocycles. The minimum Gasteiger partial charge on any atom is -0.325 e. The van der Waals surface area contributed by atoms with Gasteiger partial charge in [-0.25, -0.2) is 13.6 Å². The van der Waals surface area contributed by atoms with Crippen LogP contribution in [-0.2, 0) is 14.8 Å². The smallest absolute Gasteiger partial charge is 0.238 e. The Morgan fingerprint density at radius 1 is 1.08 bits per heavy atom. The van der Waals surface area contributed by atoms with Crippen LogP contribution in [0.5, 0.6) is 0 Å². The first-order valence-corrected chi connectivity index (χ1v) is 11.4. The molecule has 0 saturated heterocycles. The summed E-state index contributed by atoms with van der Waals surface area (Å²) in [5, 5.41) is 7.94. The topological polar surface area (TPSA) is 89.3 Å². The monoisotopic (exact) mass is 380 g/mol. The van der Waals surface area contributed by atoms with Crippen molar-refractivity contribution < 1.29 is 13.2 Å². The average Bonchev–Trinajstić information content (AvgIpc) is 2.51. The summed E-state index contributed by atoms with van der Waals surface area (Å²) >= 11 is 1.84. The molecular weight excluding hydrogens is 356 g/mol. The standard InChI is InChI=1S/C18H24N2O3S2/c19-25(22,23)16-3-1-15(2-4-16)20-17(21)11-24-18-8-12-5-13(9-18)7-14(6-12)10-18/h1-4,12-14H,5-11H2,(H,20,21)(H2,19,22,23). The average molecular weight is 381 g/mol. The Bertz CT molecular complexity index is 739. The van der Waals surface area contributed by atoms with Gasteiger partial charge in [0.15, 0.2) is 0 Å². The van der Waals surface area contributed by atoms with E-state index in [0.29, 0.717) is 16.2 Å². The van der Waals surface area contributed by atoms with Crippen molar-refractivity contribution in [3.05, 3.63) is 24.3 Å². The third kappa shape index (κ3) is 3.73. The van der Waals surface area contributed by atoms with Crippen LogP contribution in [-0.4, -0.2) is 24.8 Å². The van der Waals surface area contributed by atoms with E-state index >= 15 is 0 Å². The third-order valence-electron chi connectivity index (χ3n) is 5.96. The predicted octanol–water partition coefficient (Wildman–Crippen LogP) is 2.97. The number of benzene rings is 1. The van der Waals surface area contributed by atoms with Crippen molar-refractivity contribution in [2.24, 2.45) is 22.9 Å². The van der Waals surface area contributed by atoms with Gasteiger partial charge in [-0.3, -0.25) is 4.79 Å². The Kier molecular flexibility index (Phi) is 4.37. The summed E-state index contributed by atoms with van der Waals surface area (Å²) in [6, 6.07) is 5.98. The molecule has 1 aromatic carbocycles. The molecular formula is C18H24N2O3S2. The van der Waals surface area contributed by atoms with Crippen molar-refractivity contribution in [2.45, 2.75) is 48.2 Å². The Balaban J connectivity index is 1.34. The summed E-state index contributed by atoms with van der Waals surface area (Å²) in [6.07, 6.45) is 8.05. The van der Waals surface area contributed by atoms with Crippen LogP contribution in [0.2, 0.25) is 0 Å². The Morgan fingerprint density at radius 3 is 2.08 bits per heavy atom. The molecule has 3 N–H and O–H groups in total. The zero-order chi connectivity index (χ0) is 17.7. The first-order chi connectivity index (χ1) is 11.8. The fraction of sp³-hybridized carbons (Fsp3) is 0.611. The van der Waals surface area contributed by atoms with Gasteiger partial charge >= 0.3 is 0 Å². The van der Waals surface area contributed by atoms with Gasteiger partial charge in [0, 0.05) is 10.4 Å². The van der Waals surface area contributed by atoms with Crippen molar-refractivity contribution in [3.63, 3.8) is 0 Å². The maximum Gasteiger partial charge on any atom is 0.238 e. The molecule has 0 radical (unpaired) electrons. The second-order valence-electron chi connectivity index (χ2n) is 8.01. The van der Waals surface area contributed by atoms with E-state index in [0.717, 1.165) is 17.8 Å². The van der Waals surface area contributed by atoms with E-state index in [9.17, 15) is 13.2 Å². The predicted molar refractivity (Wildman–Crippen MR) is 99.8 cm³/mol. The van der Waals surface area contributed by atoms with Crippen molar-refractivity contribution in [2.75, 3.05) is 11.1 Å². The summed E-state index contributed by atoms with van der Waals surface area (Å²) in [4.78, 5) is 12.4. The largest absolute Gasteiger partial charge is 0.325 e. The number of carbonyl (C=O) groups is 1. The van der Waals surface area contributed by atoms with Crippen LogP contribution in [0.4, 0.5) is 5.69 Å². The zero-order valence-corrected chi connectivity index (χ0v) is 15.7. The summed E-state index contributed by atoms with van der Waals surface area (Å²) in [5.41, 5.74) is 0.600. The molecule has 4 saturated carbocycles. The Morgan fingerprint density at radius 2 is 1.60 bits per heavy atom. The van der Waals surface area contributed by atoms with Crippen LogP contribution in [0.25, 0.3) is 0 Å². The SMILES string of the molecule is NS(=O)(=O)c1ccc(NC(=O)CSC23CC4CC(CC(C4)C2)C3)cc1. The minimum atomic E-state index is -3.70. The van der Waals surface area contributed by atoms with E-state index in [-0.39, 0.29) is 10.8 Å². The molecule has 1 aromatic rings. The molecule has 5 rings (SSSR count). The maximum atomic E-state index is 12.3. The first kappa shape index (κ1) is 17.4. The second-order valence-corrected chi connectivity index (χ2v) is 11.0. The zero-order valence-electron chi connectivity index (χ0n) is 14.1. The molecule has 4 fully saturated rings. The van der Waals surface area contributed by atoms with Crippen molar-refractivity contribution >= 4 is 33.4 Å². The van der Waals surface area contributed by atoms with Crippen LogP contribution in [0.1, 0.15) is 38.5 Å². The maximum absolute atomic E-state index is 12.3. The second kappa shape index (κ2) is 6.28. The Hall–Kier alpha value is -1.05. The molecule has 0 atom stereocenters. The highest BCUT2D eigenvalue weighted by Crippen LogP contribution is 2.60. The van der Waals surface area contributed by atoms with E-state index < -0.39 is 10.0 Å². The quantitative estimate of drug-likeness (QED) is 0.822. The molecule has 0 unspecified atom stereocenters. The van der Waals surface area contributed by atoms with Gasteiger partial charge in [0.05, 0.1) is 10.6 Å². The summed E-state index contributed by atoms with van der Waals surface area (Å²) in [7, 11) is -3.70. The molecule has 1 amide bonds. The van der Waals surface area contributed by atoms with Gasteiger partial charge in [-0.2, -0.15) is 0 Å². The normalized spacial score (nSPS) is 33.4. The fourth-order valence-corrected chi connectivity index (χ4v) is 7.44. The highest BCUT2D eigenvalue weighted by Gasteiger charge is 2.51. The lowest BCUT2D eigenvalue weighted by Crippen LogP contribution is -2.49. The molecule has 4 aliphatic carbocycles. The van der Waals surface area contributed by atoms with Crippen LogP contribution in [0.3, 0.4) is 0 Å². The van der Waals surface area contributed by atoms with Crippen molar-refractivity contribution in [1.29, 1.82) is 0 Å². The molecule has 7 heteroatoms. The molecule has 25 heavy (non-hydrogen) atoms. The lowest BCUT2D eigenvalue weighted by molar-refractivity contribution is -0.113. The van der Waals surface area contributed by atoms with Gasteiger partial charge < -0.3 is 5.32 Å². The van der Waals surface area contributed by atoms with Crippen LogP contribution >= 0.6 is 11.8 Å². The molecule has 5 nitrogen and oxygen atoms in total. The van der Waals surface area contributed by atoms with Gasteiger partial charge in [-0.1, -0.05) is 0 Å². The van der Waals surface area contributed by atoms with Crippen LogP contribution in [0, 0.1) is 17.8 Å². The van der Waals surface area contributed by atoms with Gasteiger partial charge in [0.25, 0.3) is 0 Å². The molecule has 4 bridgehead atoms. The number of anilines is 1. The van der Waals surface area contributed by atoms with Gasteiger partial charge in [0.1, 0.15) is 0 Å². The molecule has 0 spiro atoms. The highest BCUT2D eigenvalue weighted by atomic mass is 32.2. The molecule has 4 aliphatic rings. The number of nitrogens with one attached hydrogen (secondary N) is 1. The van der Waals surface area contributed by atoms with Gasteiger partial charge in [-0.15, -0.1) is 11.8 Å². The van der Waals surface area contributed by atoms with E-state index in [1.54, 1.807) is 12.1 Å². The fourth-order valence-electron chi connectivity index (χ4n) is 5.35. The first-order valence-electron chi connectivity index (χ1n) is 8.88. The van der Waals surface area contributed by atoms with Gasteiger partial charge in [-0.05, 0) is 80.5 Å². The number of hydrogen-bond acceptors (Lipinski definition) is 4. The number of thioether (sulfide) groups is 1. The number of nitrogens with two attached hydrogens (primary N) is 1. The number of amides is 1. The van der Waals surface area contributed by atoms with Crippen molar-refractivity contribution in [3.8, 4) is 0 Å². The van der Waals surface area contributed by atoms with E-state index in [2.05, 4.69) is 5.32 Å². The number of primary sulfonamides is 1. The molecule has 136 valence electrons. The summed E-state index contributed by atoms with van der Waals surface area (Å²) in [5.74, 6) is 3.08. The van der Waals surface area contributed by atoms with Crippen molar-refractivity contribution in [1.82, 2.24) is 0 Å². The lowest BCUT2D eigenvalue weighted by Gasteiger charge is -2.56. The van der Waals surface area contributed by atoms with E-state index in [1.807, 2.05) is 11.8 Å². The third-order valence-corrected chi connectivity index (χ3v) is 8.41. The van der Waals surface area contributed by atoms with E-state index in [1.165, 1.54) is 50.7 Å². The summed E-state index contributed by atoms with van der Waals surface area (Å²) in [6.45, 7) is 0. The number of hydrogen-bond donors (Lipinski definition) is 2. The number of rotatable bonds is 5. The minimum absolute atomic E-state index is 0.0240. The Labute approximate surface area is 153 Å². The van der Waals surface area contributed by atoms with Gasteiger partial charge in [0.2, 0.25) is 15.9 Å². The molecule has 0 aliphatic heterocycles. The highest BCUT2D eigenvalue weighted by molar-refractivity contribution is 8.01. The van der Waals surface area contributed by atoms with Crippen LogP contribution < -0.4 is 10.5 Å². The number of sulfonamides is 1. The molecule has 0 heterocycles. The number of carbonyl (C=O) groups excluding carboxylic acids is 1. The summed E-state index contributed by atoms with van der Waals surface area (Å²) < 4.78 is 22.8. The van der Waals surface area contributed by atoms with E-state index in [4.69, 9.17) is 5.14 Å².